The van der Waals surface area contributed by atoms with E-state index in [-0.39, 0.29) is 58.8 Å². The minimum Gasteiger partial charge on any atom is -0.310 e. The molecule has 0 saturated heterocycles. The largest absolute Gasteiger partial charge is 0.310 e. The fraction of sp³-hybridized carbons (Fsp3) is 0. The lowest BCUT2D eigenvalue weighted by molar-refractivity contribution is 1.28. The van der Waals surface area contributed by atoms with Crippen molar-refractivity contribution in [2.75, 3.05) is 4.90 Å². The molecule has 0 fully saturated rings. The molecule has 0 heterocycles. The van der Waals surface area contributed by atoms with Gasteiger partial charge < -0.3 is 4.90 Å². The van der Waals surface area contributed by atoms with E-state index in [2.05, 4.69) is 18.2 Å². The fourth-order valence-electron chi connectivity index (χ4n) is 6.73. The number of nitrogens with zero attached hydrogens (tertiary/aromatic N) is 1. The molecule has 9 rings (SSSR count). The molecule has 0 aliphatic carbocycles. The highest BCUT2D eigenvalue weighted by Gasteiger charge is 2.15. The van der Waals surface area contributed by atoms with E-state index in [1.54, 1.807) is 30.3 Å². The van der Waals surface area contributed by atoms with Gasteiger partial charge in [-0.2, -0.15) is 0 Å². The molecule has 9 aromatic rings. The zero-order valence-electron chi connectivity index (χ0n) is 36.7. The average molecular weight is 684 g/mol. The fourth-order valence-corrected chi connectivity index (χ4v) is 6.73. The molecule has 0 N–H and O–H groups in total. The van der Waals surface area contributed by atoms with Gasteiger partial charge in [-0.25, -0.2) is 0 Å². The predicted octanol–water partition coefficient (Wildman–Crippen LogP) is 14.6. The summed E-state index contributed by atoms with van der Waals surface area (Å²) in [5.41, 5.74) is 7.18. The maximum atomic E-state index is 9.78. The third-order valence-electron chi connectivity index (χ3n) is 9.44. The molecule has 0 radical (unpaired) electrons. The van der Waals surface area contributed by atoms with Crippen molar-refractivity contribution in [1.29, 1.82) is 0 Å². The van der Waals surface area contributed by atoms with E-state index in [1.807, 2.05) is 127 Å². The molecule has 250 valence electrons. The van der Waals surface area contributed by atoms with Crippen LogP contribution in [0.4, 0.5) is 17.1 Å². The highest BCUT2D eigenvalue weighted by Crippen LogP contribution is 2.40. The Morgan fingerprint density at radius 3 is 1.53 bits per heavy atom. The van der Waals surface area contributed by atoms with Crippen LogP contribution in [0, 0.1) is 0 Å². The van der Waals surface area contributed by atoms with Crippen LogP contribution >= 0.6 is 0 Å². The highest BCUT2D eigenvalue weighted by molar-refractivity contribution is 5.97. The van der Waals surface area contributed by atoms with Gasteiger partial charge in [0, 0.05) is 17.1 Å². The van der Waals surface area contributed by atoms with E-state index in [9.17, 15) is 8.22 Å². The Morgan fingerprint density at radius 1 is 0.321 bits per heavy atom. The molecule has 0 spiro atoms. The van der Waals surface area contributed by atoms with Crippen LogP contribution in [0.15, 0.2) is 224 Å². The first-order valence-corrected chi connectivity index (χ1v) is 17.5. The molecule has 0 aromatic heterocycles. The van der Waals surface area contributed by atoms with Crippen molar-refractivity contribution in [1.82, 2.24) is 0 Å². The maximum absolute atomic E-state index is 9.78. The van der Waals surface area contributed by atoms with Crippen LogP contribution in [0.25, 0.3) is 66.4 Å². The van der Waals surface area contributed by atoms with Crippen LogP contribution in [0.5, 0.6) is 0 Å². The minimum absolute atomic E-state index is 0.114. The van der Waals surface area contributed by atoms with Crippen LogP contribution in [-0.4, -0.2) is 0 Å². The van der Waals surface area contributed by atoms with Gasteiger partial charge in [-0.1, -0.05) is 182 Å². The molecule has 0 bridgehead atoms. The molecule has 1 heteroatoms. The van der Waals surface area contributed by atoms with Crippen molar-refractivity contribution in [2.24, 2.45) is 0 Å². The second kappa shape index (κ2) is 14.3. The van der Waals surface area contributed by atoms with Crippen molar-refractivity contribution in [3.63, 3.8) is 0 Å². The Morgan fingerprint density at radius 2 is 0.830 bits per heavy atom. The van der Waals surface area contributed by atoms with Crippen LogP contribution in [0.3, 0.4) is 0 Å². The molecular weight excluding hydrogens is 639 g/mol. The number of rotatable bonds is 8. The first kappa shape index (κ1) is 24.3. The number of benzene rings is 9. The third kappa shape index (κ3) is 6.65. The normalized spacial score (nSPS) is 13.1. The molecule has 0 amide bonds. The van der Waals surface area contributed by atoms with Crippen LogP contribution in [-0.2, 0) is 0 Å². The van der Waals surface area contributed by atoms with E-state index >= 15 is 0 Å². The summed E-state index contributed by atoms with van der Waals surface area (Å²) in [5.74, 6) is 0. The average Bonchev–Trinajstić information content (AvgIpc) is 3.31. The quantitative estimate of drug-likeness (QED) is 0.154. The Labute approximate surface area is 323 Å². The number of hydrogen-bond donors (Lipinski definition) is 0. The van der Waals surface area contributed by atoms with Crippen molar-refractivity contribution < 1.29 is 11.0 Å². The molecule has 0 saturated carbocycles. The Balaban J connectivity index is 1.25. The van der Waals surface area contributed by atoms with Gasteiger partial charge in [-0.05, 0) is 109 Å². The van der Waals surface area contributed by atoms with Crippen molar-refractivity contribution in [2.45, 2.75) is 0 Å². The van der Waals surface area contributed by atoms with Gasteiger partial charge in [-0.15, -0.1) is 0 Å². The lowest BCUT2D eigenvalue weighted by atomic mass is 9.97. The second-order valence-electron chi connectivity index (χ2n) is 12.7. The van der Waals surface area contributed by atoms with Gasteiger partial charge in [-0.3, -0.25) is 0 Å². The van der Waals surface area contributed by atoms with E-state index in [0.717, 1.165) is 44.2 Å². The summed E-state index contributed by atoms with van der Waals surface area (Å²) in [7, 11) is 0. The van der Waals surface area contributed by atoms with Gasteiger partial charge in [0.25, 0.3) is 0 Å². The number of hydrogen-bond acceptors (Lipinski definition) is 1. The van der Waals surface area contributed by atoms with E-state index in [4.69, 9.17) is 2.74 Å². The molecule has 9 aromatic carbocycles. The summed E-state index contributed by atoms with van der Waals surface area (Å²) in [6.45, 7) is 0. The van der Waals surface area contributed by atoms with Crippen LogP contribution in [0.1, 0.15) is 11.0 Å². The summed E-state index contributed by atoms with van der Waals surface area (Å²) >= 11 is 0. The zero-order valence-corrected chi connectivity index (χ0v) is 28.7. The molecule has 0 aliphatic rings. The summed E-state index contributed by atoms with van der Waals surface area (Å²) < 4.78 is 75.1. The van der Waals surface area contributed by atoms with E-state index in [1.165, 1.54) is 4.90 Å². The lowest BCUT2D eigenvalue weighted by Crippen LogP contribution is -2.10. The topological polar surface area (TPSA) is 3.24 Å². The zero-order chi connectivity index (χ0) is 42.4. The second-order valence-corrected chi connectivity index (χ2v) is 12.7. The maximum Gasteiger partial charge on any atom is 0.0651 e. The first-order valence-electron chi connectivity index (χ1n) is 21.5. The summed E-state index contributed by atoms with van der Waals surface area (Å²) in [4.78, 5) is 1.39. The van der Waals surface area contributed by atoms with Gasteiger partial charge in [0.05, 0.1) is 11.0 Å². The molecule has 53 heavy (non-hydrogen) atoms. The van der Waals surface area contributed by atoms with E-state index < -0.39 is 12.1 Å². The standard InChI is InChI=1S/C52H37N/c1-3-12-38(13-4-1)40-24-26-41(27-25-40)42-28-32-48(33-29-42)53(50-21-10-20-47(37-50)52-23-11-17-44-16-7-8-22-51(44)52)49-34-30-43(31-35-49)46-19-9-18-45(36-46)39-14-5-2-6-15-39/h1-37H/i10D,20D,21D,28D,29D,32D,33D,37D. The predicted molar refractivity (Wildman–Crippen MR) is 226 cm³/mol. The molecule has 0 atom stereocenters. The lowest BCUT2D eigenvalue weighted by Gasteiger charge is -2.26. The number of fused-ring (bicyclic) bond motifs is 1. The van der Waals surface area contributed by atoms with Gasteiger partial charge >= 0.3 is 0 Å². The van der Waals surface area contributed by atoms with Crippen molar-refractivity contribution in [3.05, 3.63) is 224 Å². The summed E-state index contributed by atoms with van der Waals surface area (Å²) in [5, 5.41) is 1.63. The summed E-state index contributed by atoms with van der Waals surface area (Å²) in [6.07, 6.45) is 0. The van der Waals surface area contributed by atoms with Crippen LogP contribution in [0.2, 0.25) is 0 Å². The van der Waals surface area contributed by atoms with Crippen LogP contribution < -0.4 is 4.90 Å². The number of anilines is 3. The first-order chi connectivity index (χ1) is 29.6. The highest BCUT2D eigenvalue weighted by atomic mass is 15.1. The molecular formula is C52H37N. The molecule has 1 nitrogen and oxygen atoms in total. The van der Waals surface area contributed by atoms with E-state index in [0.29, 0.717) is 16.8 Å². The SMILES string of the molecule is [2H]c1c([2H])c(-c2cccc3ccccc23)c([2H])c(N(c2ccc(-c3cccc(-c4ccccc4)c3)cc2)c2c([2H])c([2H])c(-c3ccc(-c4ccccc4)cc3)c([2H])c2[2H])c1[2H]. The van der Waals surface area contributed by atoms with Gasteiger partial charge in [0.1, 0.15) is 0 Å². The molecule has 0 unspecified atom stereocenters. The smallest absolute Gasteiger partial charge is 0.0651 e. The summed E-state index contributed by atoms with van der Waals surface area (Å²) in [6, 6.07) is 53.0. The third-order valence-corrected chi connectivity index (χ3v) is 9.44. The van der Waals surface area contributed by atoms with Crippen molar-refractivity contribution >= 4 is 27.8 Å². The Hall–Kier alpha value is -6.96. The monoisotopic (exact) mass is 683 g/mol. The molecule has 0 aliphatic heterocycles. The van der Waals surface area contributed by atoms with Gasteiger partial charge in [0.2, 0.25) is 0 Å². The Bertz CT molecular complexity index is 3060. The van der Waals surface area contributed by atoms with Crippen molar-refractivity contribution in [3.8, 4) is 55.6 Å². The minimum atomic E-state index is -0.448. The van der Waals surface area contributed by atoms with Gasteiger partial charge in [0.15, 0.2) is 0 Å². The Kier molecular flexibility index (Phi) is 6.57.